The first-order valence-electron chi connectivity index (χ1n) is 13.5. The Morgan fingerprint density at radius 2 is 1.06 bits per heavy atom. The van der Waals surface area contributed by atoms with Crippen molar-refractivity contribution in [1.82, 2.24) is 0 Å². The maximum absolute atomic E-state index is 12.8. The van der Waals surface area contributed by atoms with E-state index in [0.717, 1.165) is 58.3 Å². The third kappa shape index (κ3) is 16.8. The van der Waals surface area contributed by atoms with Crippen molar-refractivity contribution in [3.63, 3.8) is 0 Å². The Bertz CT molecular complexity index is 437. The summed E-state index contributed by atoms with van der Waals surface area (Å²) in [4.78, 5) is 0. The van der Waals surface area contributed by atoms with Gasteiger partial charge in [-0.1, -0.05) is 89.9 Å². The summed E-state index contributed by atoms with van der Waals surface area (Å²) in [5.41, 5.74) is 0. The van der Waals surface area contributed by atoms with Gasteiger partial charge >= 0.3 is 12.1 Å². The van der Waals surface area contributed by atoms with Crippen LogP contribution in [0, 0.1) is 0 Å². The van der Waals surface area contributed by atoms with E-state index in [2.05, 4.69) is 0 Å². The van der Waals surface area contributed by atoms with Gasteiger partial charge in [0.1, 0.15) is 0 Å². The highest BCUT2D eigenvalue weighted by Gasteiger charge is 2.56. The van der Waals surface area contributed by atoms with E-state index < -0.39 is 18.5 Å². The second kappa shape index (κ2) is 18.8. The predicted octanol–water partition coefficient (Wildman–Crippen LogP) is 9.40. The number of halogens is 5. The van der Waals surface area contributed by atoms with Crippen LogP contribution < -0.4 is 0 Å². The second-order valence-corrected chi connectivity index (χ2v) is 9.65. The van der Waals surface area contributed by atoms with Crippen molar-refractivity contribution < 1.29 is 31.4 Å². The van der Waals surface area contributed by atoms with Gasteiger partial charge in [-0.2, -0.15) is 22.0 Å². The third-order valence-electron chi connectivity index (χ3n) is 6.55. The number of rotatable bonds is 22. The largest absolute Gasteiger partial charge is 0.453 e. The number of hydrogen-bond donors (Lipinski definition) is 0. The maximum atomic E-state index is 12.8. The van der Waals surface area contributed by atoms with Crippen molar-refractivity contribution in [3.8, 4) is 0 Å². The van der Waals surface area contributed by atoms with Crippen molar-refractivity contribution in [1.29, 1.82) is 0 Å². The summed E-state index contributed by atoms with van der Waals surface area (Å²) in [5, 5.41) is 0. The summed E-state index contributed by atoms with van der Waals surface area (Å²) >= 11 is 0. The SMILES string of the molecule is FC(F)(F)C(F)(F)CCCCCCCCCCCCCCCCCCOCCC1CCCO1. The van der Waals surface area contributed by atoms with Crippen molar-refractivity contribution in [3.05, 3.63) is 0 Å². The molecule has 1 unspecified atom stereocenters. The molecule has 1 saturated heterocycles. The van der Waals surface area contributed by atoms with Crippen LogP contribution >= 0.6 is 0 Å². The van der Waals surface area contributed by atoms with Gasteiger partial charge in [-0.05, 0) is 32.1 Å². The van der Waals surface area contributed by atoms with Crippen molar-refractivity contribution in [2.75, 3.05) is 19.8 Å². The lowest BCUT2D eigenvalue weighted by Crippen LogP contribution is -2.36. The molecule has 198 valence electrons. The molecule has 0 N–H and O–H groups in total. The normalized spacial score (nSPS) is 17.2. The highest BCUT2D eigenvalue weighted by atomic mass is 19.4. The molecule has 2 nitrogen and oxygen atoms in total. The molecule has 1 aliphatic rings. The monoisotopic (exact) mass is 486 g/mol. The average Bonchev–Trinajstić information content (AvgIpc) is 3.27. The second-order valence-electron chi connectivity index (χ2n) is 9.65. The molecule has 1 heterocycles. The van der Waals surface area contributed by atoms with Crippen LogP contribution in [-0.4, -0.2) is 38.0 Å². The first kappa shape index (κ1) is 30.6. The molecule has 33 heavy (non-hydrogen) atoms. The van der Waals surface area contributed by atoms with Gasteiger partial charge in [0.2, 0.25) is 0 Å². The van der Waals surface area contributed by atoms with E-state index in [-0.39, 0.29) is 6.42 Å². The van der Waals surface area contributed by atoms with Crippen molar-refractivity contribution >= 4 is 0 Å². The zero-order valence-electron chi connectivity index (χ0n) is 20.5. The van der Waals surface area contributed by atoms with Gasteiger partial charge in [-0.25, -0.2) is 0 Å². The van der Waals surface area contributed by atoms with Gasteiger partial charge in [-0.15, -0.1) is 0 Å². The standard InChI is InChI=1S/C26H47F5O2/c27-25(28,26(29,30)31)20-15-13-11-9-7-5-3-1-2-4-6-8-10-12-14-16-21-32-23-19-24-18-17-22-33-24/h24H,1-23H2. The van der Waals surface area contributed by atoms with Crippen molar-refractivity contribution in [2.45, 2.75) is 147 Å². The van der Waals surface area contributed by atoms with E-state index >= 15 is 0 Å². The molecule has 0 aromatic heterocycles. The average molecular weight is 487 g/mol. The number of alkyl halides is 5. The van der Waals surface area contributed by atoms with Crippen LogP contribution in [0.15, 0.2) is 0 Å². The van der Waals surface area contributed by atoms with Crippen LogP contribution in [0.5, 0.6) is 0 Å². The van der Waals surface area contributed by atoms with Crippen LogP contribution in [-0.2, 0) is 9.47 Å². The Hall–Kier alpha value is -0.430. The Morgan fingerprint density at radius 1 is 0.606 bits per heavy atom. The third-order valence-corrected chi connectivity index (χ3v) is 6.55. The quantitative estimate of drug-likeness (QED) is 0.112. The van der Waals surface area contributed by atoms with Gasteiger partial charge in [0.25, 0.3) is 0 Å². The lowest BCUT2D eigenvalue weighted by Gasteiger charge is -2.19. The molecule has 0 bridgehead atoms. The van der Waals surface area contributed by atoms with Gasteiger partial charge in [-0.3, -0.25) is 0 Å². The molecule has 0 radical (unpaired) electrons. The van der Waals surface area contributed by atoms with E-state index in [4.69, 9.17) is 9.47 Å². The van der Waals surface area contributed by atoms with Gasteiger partial charge in [0.15, 0.2) is 0 Å². The molecule has 0 amide bonds. The summed E-state index contributed by atoms with van der Waals surface area (Å²) < 4.78 is 73.0. The summed E-state index contributed by atoms with van der Waals surface area (Å²) in [6.45, 7) is 2.62. The molecule has 0 aromatic rings. The number of unbranched alkanes of at least 4 members (excludes halogenated alkanes) is 15. The van der Waals surface area contributed by atoms with Crippen LogP contribution in [0.25, 0.3) is 0 Å². The summed E-state index contributed by atoms with van der Waals surface area (Å²) in [5.74, 6) is -4.54. The molecule has 1 rings (SSSR count). The molecule has 0 saturated carbocycles. The number of ether oxygens (including phenoxy) is 2. The first-order chi connectivity index (χ1) is 15.8. The van der Waals surface area contributed by atoms with Crippen LogP contribution in [0.3, 0.4) is 0 Å². The van der Waals surface area contributed by atoms with E-state index in [1.807, 2.05) is 0 Å². The maximum Gasteiger partial charge on any atom is 0.453 e. The molecule has 1 atom stereocenters. The molecular weight excluding hydrogens is 439 g/mol. The first-order valence-corrected chi connectivity index (χ1v) is 13.5. The minimum absolute atomic E-state index is 0.0590. The fraction of sp³-hybridized carbons (Fsp3) is 1.00. The topological polar surface area (TPSA) is 18.5 Å². The van der Waals surface area contributed by atoms with E-state index in [1.54, 1.807) is 0 Å². The molecule has 0 aromatic carbocycles. The van der Waals surface area contributed by atoms with Crippen molar-refractivity contribution in [2.24, 2.45) is 0 Å². The number of hydrogen-bond acceptors (Lipinski definition) is 2. The molecular formula is C26H47F5O2. The minimum Gasteiger partial charge on any atom is -0.381 e. The molecule has 1 fully saturated rings. The Labute approximate surface area is 198 Å². The molecule has 1 aliphatic heterocycles. The molecule has 7 heteroatoms. The van der Waals surface area contributed by atoms with E-state index in [0.29, 0.717) is 12.5 Å². The summed E-state index contributed by atoms with van der Waals surface area (Å²) in [6, 6.07) is 0. The highest BCUT2D eigenvalue weighted by Crippen LogP contribution is 2.39. The fourth-order valence-electron chi connectivity index (χ4n) is 4.36. The van der Waals surface area contributed by atoms with Gasteiger partial charge in [0, 0.05) is 26.2 Å². The minimum atomic E-state index is -5.41. The highest BCUT2D eigenvalue weighted by molar-refractivity contribution is 4.75. The Morgan fingerprint density at radius 3 is 1.48 bits per heavy atom. The molecule has 0 spiro atoms. The van der Waals surface area contributed by atoms with Crippen LogP contribution in [0.2, 0.25) is 0 Å². The zero-order chi connectivity index (χ0) is 24.3. The predicted molar refractivity (Wildman–Crippen MR) is 124 cm³/mol. The van der Waals surface area contributed by atoms with E-state index in [1.165, 1.54) is 70.6 Å². The van der Waals surface area contributed by atoms with Gasteiger partial charge < -0.3 is 9.47 Å². The smallest absolute Gasteiger partial charge is 0.381 e. The van der Waals surface area contributed by atoms with Gasteiger partial charge in [0.05, 0.1) is 6.10 Å². The zero-order valence-corrected chi connectivity index (χ0v) is 20.5. The Balaban J connectivity index is 1.69. The summed E-state index contributed by atoms with van der Waals surface area (Å²) in [6.07, 6.45) is 14.2. The van der Waals surface area contributed by atoms with Crippen LogP contribution in [0.4, 0.5) is 22.0 Å². The lowest BCUT2D eigenvalue weighted by atomic mass is 10.0. The Kier molecular flexibility index (Phi) is 17.5. The summed E-state index contributed by atoms with van der Waals surface area (Å²) in [7, 11) is 0. The lowest BCUT2D eigenvalue weighted by molar-refractivity contribution is -0.284. The fourth-order valence-corrected chi connectivity index (χ4v) is 4.36. The van der Waals surface area contributed by atoms with E-state index in [9.17, 15) is 22.0 Å². The van der Waals surface area contributed by atoms with Crippen LogP contribution in [0.1, 0.15) is 128 Å². The molecule has 0 aliphatic carbocycles.